The molecule has 1 aromatic heterocycles. The number of nitrogens with zero attached hydrogens (tertiary/aromatic N) is 2. The average molecular weight is 467 g/mol. The first-order chi connectivity index (χ1) is 16.4. The van der Waals surface area contributed by atoms with Crippen molar-refractivity contribution in [3.05, 3.63) is 77.1 Å². The predicted octanol–water partition coefficient (Wildman–Crippen LogP) is 3.91. The first-order valence-corrected chi connectivity index (χ1v) is 11.1. The van der Waals surface area contributed by atoms with Crippen LogP contribution in [0.1, 0.15) is 41.4 Å². The fourth-order valence-electron chi connectivity index (χ4n) is 3.80. The van der Waals surface area contributed by atoms with Crippen molar-refractivity contribution >= 4 is 18.0 Å². The largest absolute Gasteiger partial charge is 0.493 e. The number of aromatic nitrogens is 1. The average Bonchev–Trinajstić information content (AvgIpc) is 3.17. The van der Waals surface area contributed by atoms with Gasteiger partial charge in [-0.05, 0) is 49.6 Å². The molecule has 1 unspecified atom stereocenters. The topological polar surface area (TPSA) is 102 Å². The summed E-state index contributed by atoms with van der Waals surface area (Å²) >= 11 is 0. The summed E-state index contributed by atoms with van der Waals surface area (Å²) in [6.45, 7) is 4.86. The predicted molar refractivity (Wildman–Crippen MR) is 128 cm³/mol. The molecule has 8 heteroatoms. The third kappa shape index (κ3) is 6.23. The minimum absolute atomic E-state index is 0.334. The maximum atomic E-state index is 12.6. The van der Waals surface area contributed by atoms with Crippen molar-refractivity contribution in [2.75, 3.05) is 26.9 Å². The van der Waals surface area contributed by atoms with Crippen LogP contribution in [0.3, 0.4) is 0 Å². The monoisotopic (exact) mass is 466 g/mol. The van der Waals surface area contributed by atoms with Crippen molar-refractivity contribution in [1.29, 1.82) is 0 Å². The number of hydrogen-bond donors (Lipinski definition) is 1. The van der Waals surface area contributed by atoms with E-state index in [4.69, 9.17) is 13.9 Å². The zero-order chi connectivity index (χ0) is 24.5. The van der Waals surface area contributed by atoms with E-state index in [1.54, 1.807) is 37.5 Å². The molecule has 1 aliphatic heterocycles. The van der Waals surface area contributed by atoms with Crippen molar-refractivity contribution < 1.29 is 28.6 Å². The first-order valence-electron chi connectivity index (χ1n) is 11.1. The number of rotatable bonds is 10. The number of amides is 1. The van der Waals surface area contributed by atoms with Crippen LogP contribution < -0.4 is 4.74 Å². The van der Waals surface area contributed by atoms with Crippen LogP contribution >= 0.6 is 0 Å². The Morgan fingerprint density at radius 3 is 2.88 bits per heavy atom. The summed E-state index contributed by atoms with van der Waals surface area (Å²) < 4.78 is 16.5. The van der Waals surface area contributed by atoms with E-state index in [0.717, 1.165) is 17.0 Å². The van der Waals surface area contributed by atoms with Gasteiger partial charge in [0.25, 0.3) is 0 Å². The van der Waals surface area contributed by atoms with Gasteiger partial charge >= 0.3 is 5.97 Å². The Morgan fingerprint density at radius 1 is 1.32 bits per heavy atom. The quantitative estimate of drug-likeness (QED) is 0.418. The van der Waals surface area contributed by atoms with Gasteiger partial charge in [0, 0.05) is 26.2 Å². The molecule has 0 saturated carbocycles. The van der Waals surface area contributed by atoms with Crippen LogP contribution in [0.15, 0.2) is 53.0 Å². The Bertz CT molecular complexity index is 1100. The Balaban J connectivity index is 1.70. The molecule has 0 bridgehead atoms. The number of benzene rings is 1. The highest BCUT2D eigenvalue weighted by atomic mass is 16.5. The van der Waals surface area contributed by atoms with Crippen LogP contribution in [0.5, 0.6) is 5.75 Å². The zero-order valence-corrected chi connectivity index (χ0v) is 19.7. The highest BCUT2D eigenvalue weighted by molar-refractivity contribution is 5.92. The van der Waals surface area contributed by atoms with E-state index >= 15 is 0 Å². The zero-order valence-electron chi connectivity index (χ0n) is 19.7. The lowest BCUT2D eigenvalue weighted by Gasteiger charge is -2.34. The molecule has 3 rings (SSSR count). The van der Waals surface area contributed by atoms with E-state index in [9.17, 15) is 14.7 Å². The lowest BCUT2D eigenvalue weighted by molar-refractivity contribution is -0.149. The van der Waals surface area contributed by atoms with Gasteiger partial charge in [0.15, 0.2) is 6.04 Å². The van der Waals surface area contributed by atoms with Crippen LogP contribution in [0, 0.1) is 6.92 Å². The highest BCUT2D eigenvalue weighted by Gasteiger charge is 2.35. The van der Waals surface area contributed by atoms with Crippen molar-refractivity contribution in [3.8, 4) is 5.75 Å². The SMILES string of the molecule is CC=CC=CC(=O)N1CCc2ccc(OCCc3nc(/C=C/COC)oc3C)cc2C1C(=O)O. The van der Waals surface area contributed by atoms with E-state index in [2.05, 4.69) is 4.98 Å². The number of carbonyl (C=O) groups excluding carboxylic acids is 1. The maximum Gasteiger partial charge on any atom is 0.331 e. The summed E-state index contributed by atoms with van der Waals surface area (Å²) in [7, 11) is 1.62. The molecule has 2 aromatic rings. The minimum atomic E-state index is -1.07. The summed E-state index contributed by atoms with van der Waals surface area (Å²) in [5, 5.41) is 9.90. The number of aliphatic carboxylic acids is 1. The van der Waals surface area contributed by atoms with Crippen molar-refractivity contribution in [2.45, 2.75) is 32.7 Å². The van der Waals surface area contributed by atoms with Crippen LogP contribution in [0.25, 0.3) is 6.08 Å². The third-order valence-corrected chi connectivity index (χ3v) is 5.45. The summed E-state index contributed by atoms with van der Waals surface area (Å²) in [5.74, 6) is 0.371. The molecule has 0 radical (unpaired) electrons. The summed E-state index contributed by atoms with van der Waals surface area (Å²) in [6, 6.07) is 4.36. The second-order valence-electron chi connectivity index (χ2n) is 7.78. The second kappa shape index (κ2) is 12.0. The Hall–Kier alpha value is -3.65. The van der Waals surface area contributed by atoms with Crippen LogP contribution in [-0.2, 0) is 27.2 Å². The smallest absolute Gasteiger partial charge is 0.331 e. The normalized spacial score (nSPS) is 16.0. The molecule has 0 saturated heterocycles. The second-order valence-corrected chi connectivity index (χ2v) is 7.78. The standard InChI is InChI=1S/C26H30N2O6/c1-4-5-6-9-24(29)28-14-12-19-10-11-20(17-21(19)25(28)26(30)31)33-16-13-22-18(2)34-23(27-22)8-7-15-32-3/h4-11,17,25H,12-16H2,1-3H3,(H,30,31)/b5-4?,8-7+,9-6?. The number of carboxylic acids is 1. The fraction of sp³-hybridized carbons (Fsp3) is 0.346. The Labute approximate surface area is 199 Å². The number of allylic oxidation sites excluding steroid dienone is 3. The number of carbonyl (C=O) groups is 2. The van der Waals surface area contributed by atoms with E-state index in [-0.39, 0.29) is 5.91 Å². The summed E-state index contributed by atoms with van der Waals surface area (Å²) in [5.41, 5.74) is 2.27. The molecule has 1 amide bonds. The molecule has 1 aliphatic rings. The number of oxazole rings is 1. The van der Waals surface area contributed by atoms with E-state index in [1.807, 2.05) is 32.1 Å². The molecular weight excluding hydrogens is 436 g/mol. The van der Waals surface area contributed by atoms with Gasteiger partial charge in [0.1, 0.15) is 11.5 Å². The molecule has 0 aliphatic carbocycles. The van der Waals surface area contributed by atoms with Gasteiger partial charge in [-0.25, -0.2) is 9.78 Å². The van der Waals surface area contributed by atoms with E-state index in [0.29, 0.717) is 49.8 Å². The highest BCUT2D eigenvalue weighted by Crippen LogP contribution is 2.33. The van der Waals surface area contributed by atoms with Gasteiger partial charge in [0.2, 0.25) is 11.8 Å². The van der Waals surface area contributed by atoms with Crippen molar-refractivity contribution in [2.24, 2.45) is 0 Å². The van der Waals surface area contributed by atoms with Gasteiger partial charge in [0.05, 0.1) is 18.9 Å². The number of methoxy groups -OCH3 is 1. The van der Waals surface area contributed by atoms with Gasteiger partial charge in [-0.3, -0.25) is 4.79 Å². The van der Waals surface area contributed by atoms with Gasteiger partial charge in [-0.2, -0.15) is 0 Å². The van der Waals surface area contributed by atoms with Crippen molar-refractivity contribution in [3.63, 3.8) is 0 Å². The lowest BCUT2D eigenvalue weighted by atomic mass is 9.92. The number of ether oxygens (including phenoxy) is 2. The minimum Gasteiger partial charge on any atom is -0.493 e. The fourth-order valence-corrected chi connectivity index (χ4v) is 3.80. The number of fused-ring (bicyclic) bond motifs is 1. The lowest BCUT2D eigenvalue weighted by Crippen LogP contribution is -2.42. The maximum absolute atomic E-state index is 12.6. The molecule has 1 N–H and O–H groups in total. The van der Waals surface area contributed by atoms with E-state index < -0.39 is 12.0 Å². The first kappa shape index (κ1) is 25.0. The van der Waals surface area contributed by atoms with Crippen LogP contribution in [-0.4, -0.2) is 53.7 Å². The van der Waals surface area contributed by atoms with Gasteiger partial charge < -0.3 is 23.9 Å². The number of aryl methyl sites for hydroxylation is 1. The molecule has 0 spiro atoms. The molecule has 8 nitrogen and oxygen atoms in total. The van der Waals surface area contributed by atoms with Crippen molar-refractivity contribution in [1.82, 2.24) is 9.88 Å². The Kier molecular flexibility index (Phi) is 8.81. The molecule has 0 fully saturated rings. The van der Waals surface area contributed by atoms with Gasteiger partial charge in [-0.15, -0.1) is 0 Å². The molecule has 1 aromatic carbocycles. The number of carboxylic acid groups (broad SMARTS) is 1. The van der Waals surface area contributed by atoms with Crippen LogP contribution in [0.2, 0.25) is 0 Å². The molecule has 34 heavy (non-hydrogen) atoms. The van der Waals surface area contributed by atoms with Crippen LogP contribution in [0.4, 0.5) is 0 Å². The third-order valence-electron chi connectivity index (χ3n) is 5.45. The van der Waals surface area contributed by atoms with Gasteiger partial charge in [-0.1, -0.05) is 30.4 Å². The summed E-state index contributed by atoms with van der Waals surface area (Å²) in [6.07, 6.45) is 11.2. The molecular formula is C26H30N2O6. The molecule has 2 heterocycles. The molecule has 180 valence electrons. The number of hydrogen-bond acceptors (Lipinski definition) is 6. The van der Waals surface area contributed by atoms with E-state index in [1.165, 1.54) is 11.0 Å². The summed E-state index contributed by atoms with van der Waals surface area (Å²) in [4.78, 5) is 30.5. The Morgan fingerprint density at radius 2 is 2.15 bits per heavy atom. The molecule has 1 atom stereocenters.